The number of hydrogen-bond donors (Lipinski definition) is 1. The maximum Gasteiger partial charge on any atom is 0.262 e. The lowest BCUT2D eigenvalue weighted by molar-refractivity contribution is -0.125. The Morgan fingerprint density at radius 1 is 0.390 bits per heavy atom. The highest BCUT2D eigenvalue weighted by Gasteiger charge is 2.37. The van der Waals surface area contributed by atoms with Crippen molar-refractivity contribution in [3.05, 3.63) is 11.1 Å². The first-order valence-corrected chi connectivity index (χ1v) is 17.7. The van der Waals surface area contributed by atoms with E-state index in [0.29, 0.717) is 12.8 Å². The topological polar surface area (TPSA) is 80.3 Å². The zero-order chi connectivity index (χ0) is 30.0. The first kappa shape index (κ1) is 37.2. The van der Waals surface area contributed by atoms with E-state index in [2.05, 4.69) is 19.2 Å². The van der Waals surface area contributed by atoms with E-state index in [0.717, 1.165) is 25.7 Å². The van der Waals surface area contributed by atoms with Crippen molar-refractivity contribution in [2.24, 2.45) is 0 Å². The number of carbonyl (C=O) groups excluding carboxylic acids is 4. The maximum absolute atomic E-state index is 12.8. The summed E-state index contributed by atoms with van der Waals surface area (Å²) in [6.45, 7) is 4.50. The standard InChI is InChI=1S/C36H63NO4/c1-3-5-7-9-11-13-15-17-19-21-23-25-27-29-31(38)33-34(36(41)37-35(33)40)32(39)30-28-26-24-22-20-18-16-14-12-10-8-6-4-2/h3-30H2,1-2H3,(H,37,40,41). The van der Waals surface area contributed by atoms with Gasteiger partial charge < -0.3 is 0 Å². The normalized spacial score (nSPS) is 13.3. The molecule has 1 aliphatic heterocycles. The molecule has 41 heavy (non-hydrogen) atoms. The molecule has 0 saturated carbocycles. The molecule has 0 aromatic carbocycles. The summed E-state index contributed by atoms with van der Waals surface area (Å²) in [7, 11) is 0. The van der Waals surface area contributed by atoms with E-state index in [1.807, 2.05) is 0 Å². The molecule has 1 rings (SSSR count). The number of amides is 2. The summed E-state index contributed by atoms with van der Waals surface area (Å²) < 4.78 is 0. The summed E-state index contributed by atoms with van der Waals surface area (Å²) in [5.74, 6) is -2.10. The fourth-order valence-electron chi connectivity index (χ4n) is 5.84. The van der Waals surface area contributed by atoms with Crippen molar-refractivity contribution < 1.29 is 19.2 Å². The van der Waals surface area contributed by atoms with Gasteiger partial charge in [-0.05, 0) is 12.8 Å². The zero-order valence-electron chi connectivity index (χ0n) is 26.9. The van der Waals surface area contributed by atoms with Crippen LogP contribution in [0.5, 0.6) is 0 Å². The van der Waals surface area contributed by atoms with E-state index in [-0.39, 0.29) is 35.6 Å². The molecule has 0 aromatic rings. The van der Waals surface area contributed by atoms with Gasteiger partial charge in [0.1, 0.15) is 0 Å². The lowest BCUT2D eigenvalue weighted by atomic mass is 9.96. The summed E-state index contributed by atoms with van der Waals surface area (Å²) in [6.07, 6.45) is 32.1. The fraction of sp³-hybridized carbons (Fsp3) is 0.833. The molecule has 0 unspecified atom stereocenters. The summed E-state index contributed by atoms with van der Waals surface area (Å²) >= 11 is 0. The number of Topliss-reactive ketones (excluding diaryl/α,β-unsaturated/α-hetero) is 2. The van der Waals surface area contributed by atoms with Gasteiger partial charge in [0, 0.05) is 12.8 Å². The molecule has 0 spiro atoms. The van der Waals surface area contributed by atoms with Gasteiger partial charge in [-0.2, -0.15) is 0 Å². The van der Waals surface area contributed by atoms with E-state index in [4.69, 9.17) is 0 Å². The number of hydrogen-bond acceptors (Lipinski definition) is 4. The summed E-state index contributed by atoms with van der Waals surface area (Å²) in [5, 5.41) is 2.18. The summed E-state index contributed by atoms with van der Waals surface area (Å²) in [6, 6.07) is 0. The average Bonchev–Trinajstić information content (AvgIpc) is 3.26. The maximum atomic E-state index is 12.8. The van der Waals surface area contributed by atoms with Crippen molar-refractivity contribution in [3.8, 4) is 0 Å². The highest BCUT2D eigenvalue weighted by molar-refractivity contribution is 6.40. The van der Waals surface area contributed by atoms with E-state index in [1.165, 1.54) is 128 Å². The molecule has 0 bridgehead atoms. The van der Waals surface area contributed by atoms with Gasteiger partial charge in [-0.1, -0.05) is 168 Å². The van der Waals surface area contributed by atoms with E-state index in [9.17, 15) is 19.2 Å². The van der Waals surface area contributed by atoms with Crippen LogP contribution in [0.1, 0.15) is 194 Å². The first-order chi connectivity index (χ1) is 20.0. The first-order valence-electron chi connectivity index (χ1n) is 17.7. The Bertz CT molecular complexity index is 708. The second-order valence-corrected chi connectivity index (χ2v) is 12.4. The number of ketones is 2. The van der Waals surface area contributed by atoms with E-state index >= 15 is 0 Å². The van der Waals surface area contributed by atoms with Crippen LogP contribution in [0.4, 0.5) is 0 Å². The second-order valence-electron chi connectivity index (χ2n) is 12.4. The molecular formula is C36H63NO4. The van der Waals surface area contributed by atoms with Gasteiger partial charge in [0.2, 0.25) is 0 Å². The molecule has 1 heterocycles. The number of nitrogens with one attached hydrogen (secondary N) is 1. The lowest BCUT2D eigenvalue weighted by Gasteiger charge is -2.05. The monoisotopic (exact) mass is 573 g/mol. The fourth-order valence-corrected chi connectivity index (χ4v) is 5.84. The lowest BCUT2D eigenvalue weighted by Crippen LogP contribution is -2.25. The SMILES string of the molecule is CCCCCCCCCCCCCCCC(=O)C1=C(C(=O)CCCCCCCCCCCCCCC)C(=O)NC1=O. The van der Waals surface area contributed by atoms with Crippen molar-refractivity contribution in [3.63, 3.8) is 0 Å². The largest absolute Gasteiger partial charge is 0.294 e. The third-order valence-electron chi connectivity index (χ3n) is 8.50. The molecule has 0 atom stereocenters. The van der Waals surface area contributed by atoms with Crippen LogP contribution in [0.2, 0.25) is 0 Å². The molecule has 236 valence electrons. The predicted octanol–water partition coefficient (Wildman–Crippen LogP) is 10.0. The highest BCUT2D eigenvalue weighted by Crippen LogP contribution is 2.21. The Morgan fingerprint density at radius 2 is 0.610 bits per heavy atom. The predicted molar refractivity (Wildman–Crippen MR) is 171 cm³/mol. The quantitative estimate of drug-likeness (QED) is 0.0526. The second kappa shape index (κ2) is 25.9. The highest BCUT2D eigenvalue weighted by atomic mass is 16.2. The van der Waals surface area contributed by atoms with Gasteiger partial charge in [0.25, 0.3) is 11.8 Å². The van der Waals surface area contributed by atoms with Gasteiger partial charge in [0.05, 0.1) is 11.1 Å². The van der Waals surface area contributed by atoms with E-state index < -0.39 is 11.8 Å². The van der Waals surface area contributed by atoms with Crippen LogP contribution in [-0.4, -0.2) is 23.4 Å². The molecule has 0 aliphatic carbocycles. The van der Waals surface area contributed by atoms with Crippen molar-refractivity contribution in [1.82, 2.24) is 5.32 Å². The average molecular weight is 574 g/mol. The van der Waals surface area contributed by atoms with Crippen molar-refractivity contribution in [1.29, 1.82) is 0 Å². The molecule has 0 radical (unpaired) electrons. The minimum Gasteiger partial charge on any atom is -0.294 e. The molecule has 0 saturated heterocycles. The van der Waals surface area contributed by atoms with Crippen molar-refractivity contribution in [2.75, 3.05) is 0 Å². The molecule has 0 aromatic heterocycles. The minimum atomic E-state index is -0.691. The van der Waals surface area contributed by atoms with Gasteiger partial charge in [-0.3, -0.25) is 24.5 Å². The molecule has 5 heteroatoms. The Labute approximate surface area is 252 Å². The Balaban J connectivity index is 2.17. The third-order valence-corrected chi connectivity index (χ3v) is 8.50. The molecule has 1 aliphatic rings. The van der Waals surface area contributed by atoms with Gasteiger partial charge in [0.15, 0.2) is 11.6 Å². The van der Waals surface area contributed by atoms with Crippen LogP contribution in [0, 0.1) is 0 Å². The van der Waals surface area contributed by atoms with E-state index in [1.54, 1.807) is 0 Å². The van der Waals surface area contributed by atoms with Crippen LogP contribution >= 0.6 is 0 Å². The Morgan fingerprint density at radius 3 is 0.854 bits per heavy atom. The number of imide groups is 1. The Hall–Kier alpha value is -1.78. The number of rotatable bonds is 30. The van der Waals surface area contributed by atoms with Crippen LogP contribution < -0.4 is 5.32 Å². The minimum absolute atomic E-state index is 0.186. The molecule has 2 amide bonds. The van der Waals surface area contributed by atoms with Crippen LogP contribution in [0.3, 0.4) is 0 Å². The summed E-state index contributed by atoms with van der Waals surface area (Å²) in [4.78, 5) is 50.2. The Kier molecular flexibility index (Phi) is 23.5. The van der Waals surface area contributed by atoms with Crippen LogP contribution in [0.25, 0.3) is 0 Å². The van der Waals surface area contributed by atoms with Gasteiger partial charge in [-0.15, -0.1) is 0 Å². The van der Waals surface area contributed by atoms with Gasteiger partial charge >= 0.3 is 0 Å². The molecule has 0 fully saturated rings. The smallest absolute Gasteiger partial charge is 0.262 e. The zero-order valence-corrected chi connectivity index (χ0v) is 26.9. The van der Waals surface area contributed by atoms with Crippen LogP contribution in [-0.2, 0) is 19.2 Å². The number of carbonyl (C=O) groups is 4. The van der Waals surface area contributed by atoms with Gasteiger partial charge in [-0.25, -0.2) is 0 Å². The number of unbranched alkanes of at least 4 members (excludes halogenated alkanes) is 24. The molecule has 1 N–H and O–H groups in total. The third kappa shape index (κ3) is 18.4. The summed E-state index contributed by atoms with van der Waals surface area (Å²) in [5.41, 5.74) is -0.373. The van der Waals surface area contributed by atoms with Crippen molar-refractivity contribution >= 4 is 23.4 Å². The molecular weight excluding hydrogens is 510 g/mol. The molecule has 5 nitrogen and oxygen atoms in total. The van der Waals surface area contributed by atoms with Crippen molar-refractivity contribution in [2.45, 2.75) is 194 Å². The van der Waals surface area contributed by atoms with Crippen LogP contribution in [0.15, 0.2) is 11.1 Å².